The molecule has 4 aliphatic carbocycles. The highest BCUT2D eigenvalue weighted by molar-refractivity contribution is 9.10. The number of hydrogen-bond donors (Lipinski definition) is 1. The van der Waals surface area contributed by atoms with Crippen molar-refractivity contribution >= 4 is 27.5 Å². The summed E-state index contributed by atoms with van der Waals surface area (Å²) in [4.78, 5) is 13.3. The van der Waals surface area contributed by atoms with E-state index in [4.69, 9.17) is 0 Å². The van der Waals surface area contributed by atoms with Crippen LogP contribution in [-0.2, 0) is 4.79 Å². The molecule has 1 N–H and O–H groups in total. The molecule has 0 aliphatic heterocycles. The molecule has 3 heteroatoms. The molecule has 0 aromatic heterocycles. The second-order valence-corrected chi connectivity index (χ2v) is 10.3. The molecule has 2 nitrogen and oxygen atoms in total. The largest absolute Gasteiger partial charge is 0.325 e. The van der Waals surface area contributed by atoms with Gasteiger partial charge in [-0.2, -0.15) is 0 Å². The fraction of sp³-hybridized carbons (Fsp3) is 0.650. The van der Waals surface area contributed by atoms with Crippen LogP contribution in [0.2, 0.25) is 0 Å². The van der Waals surface area contributed by atoms with Crippen molar-refractivity contribution in [2.45, 2.75) is 63.6 Å². The molecule has 0 radical (unpaired) electrons. The summed E-state index contributed by atoms with van der Waals surface area (Å²) in [5.74, 6) is 1.74. The molecule has 0 saturated heterocycles. The Hall–Kier alpha value is -0.830. The quantitative estimate of drug-likeness (QED) is 0.699. The molecule has 4 atom stereocenters. The average molecular weight is 376 g/mol. The molecule has 4 aliphatic rings. The molecule has 5 rings (SSSR count). The zero-order valence-electron chi connectivity index (χ0n) is 14.3. The molecule has 2 unspecified atom stereocenters. The predicted octanol–water partition coefficient (Wildman–Crippen LogP) is 5.28. The summed E-state index contributed by atoms with van der Waals surface area (Å²) in [7, 11) is 0. The van der Waals surface area contributed by atoms with Gasteiger partial charge in [0, 0.05) is 10.0 Å². The van der Waals surface area contributed by atoms with E-state index >= 15 is 0 Å². The van der Waals surface area contributed by atoms with E-state index in [-0.39, 0.29) is 15.6 Å². The number of hydrogen-bond acceptors (Lipinski definition) is 1. The number of carbonyl (C=O) groups is 1. The lowest BCUT2D eigenvalue weighted by molar-refractivity contribution is -0.138. The van der Waals surface area contributed by atoms with E-state index < -0.39 is 0 Å². The van der Waals surface area contributed by atoms with Crippen LogP contribution in [0.5, 0.6) is 0 Å². The van der Waals surface area contributed by atoms with Crippen LogP contribution in [0.15, 0.2) is 12.1 Å². The van der Waals surface area contributed by atoms with Crippen LogP contribution in [-0.4, -0.2) is 10.2 Å². The van der Waals surface area contributed by atoms with Crippen LogP contribution in [0.4, 0.5) is 5.69 Å². The molecule has 23 heavy (non-hydrogen) atoms. The molecule has 1 aromatic carbocycles. The average Bonchev–Trinajstić information content (AvgIpc) is 2.39. The summed E-state index contributed by atoms with van der Waals surface area (Å²) in [6.07, 6.45) is 7.06. The molecule has 0 heterocycles. The van der Waals surface area contributed by atoms with Gasteiger partial charge in [-0.25, -0.2) is 0 Å². The topological polar surface area (TPSA) is 29.1 Å². The van der Waals surface area contributed by atoms with Gasteiger partial charge >= 0.3 is 0 Å². The maximum Gasteiger partial charge on any atom is 0.230 e. The van der Waals surface area contributed by atoms with Crippen LogP contribution in [0.25, 0.3) is 0 Å². The molecule has 4 fully saturated rings. The van der Waals surface area contributed by atoms with E-state index in [1.165, 1.54) is 36.0 Å². The molecule has 4 bridgehead atoms. The zero-order chi connectivity index (χ0) is 16.4. The molecule has 1 amide bonds. The minimum atomic E-state index is -0.142. The van der Waals surface area contributed by atoms with Crippen molar-refractivity contribution in [2.75, 3.05) is 5.32 Å². The van der Waals surface area contributed by atoms with Crippen molar-refractivity contribution in [1.29, 1.82) is 0 Å². The minimum absolute atomic E-state index is 0.142. The van der Waals surface area contributed by atoms with Crippen molar-refractivity contribution in [2.24, 2.45) is 17.3 Å². The summed E-state index contributed by atoms with van der Waals surface area (Å²) in [5, 5.41) is 3.32. The van der Waals surface area contributed by atoms with E-state index in [0.29, 0.717) is 0 Å². The van der Waals surface area contributed by atoms with Gasteiger partial charge in [-0.3, -0.25) is 4.79 Å². The van der Waals surface area contributed by atoms with Crippen molar-refractivity contribution in [3.05, 3.63) is 28.8 Å². The maximum absolute atomic E-state index is 13.3. The van der Waals surface area contributed by atoms with Crippen molar-refractivity contribution in [3.63, 3.8) is 0 Å². The number of halogens is 1. The molecule has 1 aromatic rings. The third-order valence-electron chi connectivity index (χ3n) is 6.39. The number of nitrogens with one attached hydrogen (secondary N) is 1. The molecular formula is C20H26BrNO. The second-order valence-electron chi connectivity index (χ2n) is 8.62. The first kappa shape index (κ1) is 15.7. The van der Waals surface area contributed by atoms with E-state index in [2.05, 4.69) is 54.2 Å². The van der Waals surface area contributed by atoms with Gasteiger partial charge in [0.25, 0.3) is 0 Å². The van der Waals surface area contributed by atoms with Crippen LogP contribution in [0, 0.1) is 38.0 Å². The summed E-state index contributed by atoms with van der Waals surface area (Å²) >= 11 is 4.00. The second kappa shape index (κ2) is 5.08. The Balaban J connectivity index is 1.63. The van der Waals surface area contributed by atoms with E-state index in [1.54, 1.807) is 0 Å². The smallest absolute Gasteiger partial charge is 0.230 e. The Bertz CT molecular complexity index is 643. The van der Waals surface area contributed by atoms with E-state index in [9.17, 15) is 4.79 Å². The van der Waals surface area contributed by atoms with Gasteiger partial charge in [0.1, 0.15) is 0 Å². The first-order valence-electron chi connectivity index (χ1n) is 8.87. The first-order chi connectivity index (χ1) is 10.8. The highest BCUT2D eigenvalue weighted by atomic mass is 79.9. The van der Waals surface area contributed by atoms with Gasteiger partial charge < -0.3 is 5.32 Å². The Kier molecular flexibility index (Phi) is 3.46. The third kappa shape index (κ3) is 2.56. The fourth-order valence-electron chi connectivity index (χ4n) is 6.04. The molecule has 0 spiro atoms. The Labute approximate surface area is 147 Å². The molecule has 4 saturated carbocycles. The lowest BCUT2D eigenvalue weighted by Gasteiger charge is -2.59. The first-order valence-corrected chi connectivity index (χ1v) is 9.66. The van der Waals surface area contributed by atoms with Gasteiger partial charge in [-0.1, -0.05) is 33.6 Å². The lowest BCUT2D eigenvalue weighted by Crippen LogP contribution is -2.57. The minimum Gasteiger partial charge on any atom is -0.325 e. The highest BCUT2D eigenvalue weighted by Crippen LogP contribution is 2.64. The van der Waals surface area contributed by atoms with Crippen molar-refractivity contribution in [3.8, 4) is 0 Å². The van der Waals surface area contributed by atoms with Gasteiger partial charge in [0.05, 0.1) is 5.41 Å². The molecule has 124 valence electrons. The maximum atomic E-state index is 13.3. The monoisotopic (exact) mass is 375 g/mol. The van der Waals surface area contributed by atoms with Gasteiger partial charge in [0.15, 0.2) is 0 Å². The normalized spacial score (nSPS) is 37.9. The van der Waals surface area contributed by atoms with Crippen LogP contribution in [0.1, 0.15) is 55.2 Å². The van der Waals surface area contributed by atoms with Gasteiger partial charge in [-0.05, 0) is 82.3 Å². The number of benzene rings is 1. The SMILES string of the molecule is Cc1cc(C)c(NC(=O)C23C[C@@H]4C[C@@H](CC(Br)(C4)C2)C3)c(C)c1. The van der Waals surface area contributed by atoms with E-state index in [0.717, 1.165) is 36.8 Å². The van der Waals surface area contributed by atoms with Crippen molar-refractivity contribution in [1.82, 2.24) is 0 Å². The zero-order valence-corrected chi connectivity index (χ0v) is 15.9. The Morgan fingerprint density at radius 2 is 1.65 bits per heavy atom. The van der Waals surface area contributed by atoms with Gasteiger partial charge in [-0.15, -0.1) is 0 Å². The van der Waals surface area contributed by atoms with Crippen LogP contribution in [0.3, 0.4) is 0 Å². The van der Waals surface area contributed by atoms with Crippen molar-refractivity contribution < 1.29 is 4.79 Å². The summed E-state index contributed by atoms with van der Waals surface area (Å²) in [6.45, 7) is 6.31. The van der Waals surface area contributed by atoms with E-state index in [1.807, 2.05) is 0 Å². The highest BCUT2D eigenvalue weighted by Gasteiger charge is 2.59. The van der Waals surface area contributed by atoms with Crippen LogP contribution < -0.4 is 5.32 Å². The summed E-state index contributed by atoms with van der Waals surface area (Å²) in [6, 6.07) is 4.32. The summed E-state index contributed by atoms with van der Waals surface area (Å²) in [5.41, 5.74) is 4.49. The Morgan fingerprint density at radius 3 is 2.17 bits per heavy atom. The van der Waals surface area contributed by atoms with Crippen LogP contribution >= 0.6 is 15.9 Å². The third-order valence-corrected chi connectivity index (χ3v) is 7.31. The number of amides is 1. The van der Waals surface area contributed by atoms with Gasteiger partial charge in [0.2, 0.25) is 5.91 Å². The summed E-state index contributed by atoms with van der Waals surface area (Å²) < 4.78 is 0.228. The number of anilines is 1. The fourth-order valence-corrected chi connectivity index (χ4v) is 7.49. The molecular weight excluding hydrogens is 350 g/mol. The standard InChI is InChI=1S/C20H26BrNO/c1-12-4-13(2)17(14(3)5-12)22-18(23)19-7-15-6-16(8-19)10-20(21,9-15)11-19/h4-5,15-16H,6-11H2,1-3H3,(H,22,23)/t15-,16+,19?,20?. The Morgan fingerprint density at radius 1 is 1.09 bits per heavy atom. The number of carbonyl (C=O) groups excluding carboxylic acids is 1. The number of rotatable bonds is 2. The number of alkyl halides is 1. The number of aryl methyl sites for hydroxylation is 3. The lowest BCUT2D eigenvalue weighted by atomic mass is 9.49. The predicted molar refractivity (Wildman–Crippen MR) is 98.1 cm³/mol.